The topological polar surface area (TPSA) is 0 Å². The summed E-state index contributed by atoms with van der Waals surface area (Å²) in [5, 5.41) is 1.58. The number of rotatable bonds is 7. The summed E-state index contributed by atoms with van der Waals surface area (Å²) in [7, 11) is 0. The highest BCUT2D eigenvalue weighted by Crippen LogP contribution is 2.37. The molecule has 1 aliphatic rings. The van der Waals surface area contributed by atoms with Crippen molar-refractivity contribution in [3.8, 4) is 11.8 Å². The Hall–Kier alpha value is -2.85. The first-order valence-corrected chi connectivity index (χ1v) is 13.1. The molecule has 1 fully saturated rings. The molecule has 0 spiro atoms. The maximum absolute atomic E-state index is 14.9. The molecule has 0 atom stereocenters. The van der Waals surface area contributed by atoms with Gasteiger partial charge in [-0.2, -0.15) is 0 Å². The van der Waals surface area contributed by atoms with E-state index in [-0.39, 0.29) is 5.82 Å². The SMILES string of the molecule is C/C=C/CCc1ccc2cc(C#Cc3ccc(C4CCC(CCCC)CC4)cc3)ccc2c1F. The molecule has 0 nitrogen and oxygen atoms in total. The molecule has 1 heteroatoms. The molecule has 3 aromatic rings. The minimum Gasteiger partial charge on any atom is -0.206 e. The van der Waals surface area contributed by atoms with Crippen LogP contribution in [0.25, 0.3) is 10.8 Å². The van der Waals surface area contributed by atoms with Crippen molar-refractivity contribution < 1.29 is 4.39 Å². The number of aryl methyl sites for hydroxylation is 1. The summed E-state index contributed by atoms with van der Waals surface area (Å²) >= 11 is 0. The van der Waals surface area contributed by atoms with Crippen LogP contribution in [0.1, 0.15) is 93.4 Å². The first-order valence-electron chi connectivity index (χ1n) is 13.1. The van der Waals surface area contributed by atoms with Crippen molar-refractivity contribution in [3.63, 3.8) is 0 Å². The largest absolute Gasteiger partial charge is 0.206 e. The minimum atomic E-state index is -0.100. The Bertz CT molecular complexity index is 1160. The van der Waals surface area contributed by atoms with Crippen molar-refractivity contribution in [2.75, 3.05) is 0 Å². The van der Waals surface area contributed by atoms with Gasteiger partial charge in [0, 0.05) is 16.5 Å². The Labute approximate surface area is 205 Å². The van der Waals surface area contributed by atoms with Crippen LogP contribution in [0.5, 0.6) is 0 Å². The maximum Gasteiger partial charge on any atom is 0.134 e. The van der Waals surface area contributed by atoms with Crippen molar-refractivity contribution >= 4 is 10.8 Å². The zero-order chi connectivity index (χ0) is 23.8. The van der Waals surface area contributed by atoms with Crippen LogP contribution in [-0.2, 0) is 6.42 Å². The summed E-state index contributed by atoms with van der Waals surface area (Å²) in [5.41, 5.74) is 4.19. The molecule has 0 unspecified atom stereocenters. The van der Waals surface area contributed by atoms with Crippen LogP contribution in [0.15, 0.2) is 66.7 Å². The second-order valence-corrected chi connectivity index (χ2v) is 9.81. The normalized spacial score (nSPS) is 18.2. The number of hydrogen-bond donors (Lipinski definition) is 0. The zero-order valence-corrected chi connectivity index (χ0v) is 20.7. The number of hydrogen-bond acceptors (Lipinski definition) is 0. The molecule has 0 radical (unpaired) electrons. The number of unbranched alkanes of at least 4 members (excludes halogenated alkanes) is 1. The summed E-state index contributed by atoms with van der Waals surface area (Å²) in [4.78, 5) is 0. The molecule has 176 valence electrons. The van der Waals surface area contributed by atoms with Gasteiger partial charge < -0.3 is 0 Å². The van der Waals surface area contributed by atoms with Gasteiger partial charge in [0.15, 0.2) is 0 Å². The van der Waals surface area contributed by atoms with E-state index >= 15 is 0 Å². The van der Waals surface area contributed by atoms with Crippen molar-refractivity contribution in [1.82, 2.24) is 0 Å². The van der Waals surface area contributed by atoms with Crippen molar-refractivity contribution in [2.45, 2.75) is 77.6 Å². The molecule has 3 aromatic carbocycles. The fourth-order valence-electron chi connectivity index (χ4n) is 5.27. The minimum absolute atomic E-state index is 0.100. The molecule has 0 aromatic heterocycles. The van der Waals surface area contributed by atoms with E-state index in [4.69, 9.17) is 0 Å². The Morgan fingerprint density at radius 3 is 2.38 bits per heavy atom. The molecule has 0 heterocycles. The maximum atomic E-state index is 14.9. The van der Waals surface area contributed by atoms with Crippen molar-refractivity contribution in [3.05, 3.63) is 94.8 Å². The standard InChI is InChI=1S/C33H37F/c1-3-5-7-9-30-21-22-31-24-27(16-23-32(31)33(30)34)11-10-26-14-19-29(20-15-26)28-17-12-25(13-18-28)8-6-4-2/h3,5,14-16,19-25,28H,4,6-9,12-13,17-18H2,1-2H3/b5-3+. The Morgan fingerprint density at radius 2 is 1.65 bits per heavy atom. The van der Waals surface area contributed by atoms with Crippen LogP contribution >= 0.6 is 0 Å². The molecule has 0 aliphatic heterocycles. The quantitative estimate of drug-likeness (QED) is 0.247. The average Bonchev–Trinajstić information content (AvgIpc) is 2.88. The van der Waals surface area contributed by atoms with E-state index in [0.29, 0.717) is 11.3 Å². The average molecular weight is 453 g/mol. The van der Waals surface area contributed by atoms with E-state index in [0.717, 1.165) is 40.8 Å². The van der Waals surface area contributed by atoms with Gasteiger partial charge in [-0.15, -0.1) is 0 Å². The fourth-order valence-corrected chi connectivity index (χ4v) is 5.27. The van der Waals surface area contributed by atoms with Gasteiger partial charge in [0.2, 0.25) is 0 Å². The van der Waals surface area contributed by atoms with Gasteiger partial charge >= 0.3 is 0 Å². The first-order chi connectivity index (χ1) is 16.7. The monoisotopic (exact) mass is 452 g/mol. The highest BCUT2D eigenvalue weighted by atomic mass is 19.1. The predicted molar refractivity (Wildman–Crippen MR) is 144 cm³/mol. The van der Waals surface area contributed by atoms with E-state index < -0.39 is 0 Å². The summed E-state index contributed by atoms with van der Waals surface area (Å²) in [6, 6.07) is 18.6. The fraction of sp³-hybridized carbons (Fsp3) is 0.394. The van der Waals surface area contributed by atoms with Crippen molar-refractivity contribution in [1.29, 1.82) is 0 Å². The summed E-state index contributed by atoms with van der Waals surface area (Å²) in [5.74, 6) is 8.12. The molecular formula is C33H37F. The first kappa shape index (κ1) is 24.3. The second-order valence-electron chi connectivity index (χ2n) is 9.81. The smallest absolute Gasteiger partial charge is 0.134 e. The Kier molecular flexibility index (Phi) is 8.59. The summed E-state index contributed by atoms with van der Waals surface area (Å²) < 4.78 is 14.9. The molecule has 4 rings (SSSR count). The molecular weight excluding hydrogens is 415 g/mol. The van der Waals surface area contributed by atoms with Crippen LogP contribution in [0.2, 0.25) is 0 Å². The molecule has 0 bridgehead atoms. The van der Waals surface area contributed by atoms with Crippen molar-refractivity contribution in [2.24, 2.45) is 5.92 Å². The number of allylic oxidation sites excluding steroid dienone is 2. The highest BCUT2D eigenvalue weighted by molar-refractivity contribution is 5.85. The lowest BCUT2D eigenvalue weighted by Gasteiger charge is -2.28. The Morgan fingerprint density at radius 1 is 0.912 bits per heavy atom. The number of halogens is 1. The van der Waals surface area contributed by atoms with Gasteiger partial charge in [-0.25, -0.2) is 4.39 Å². The Balaban J connectivity index is 1.40. The van der Waals surface area contributed by atoms with E-state index in [1.54, 1.807) is 0 Å². The highest BCUT2D eigenvalue weighted by Gasteiger charge is 2.21. The lowest BCUT2D eigenvalue weighted by Crippen LogP contribution is -2.13. The molecule has 0 amide bonds. The number of fused-ring (bicyclic) bond motifs is 1. The van der Waals surface area contributed by atoms with Gasteiger partial charge in [-0.05, 0) is 98.1 Å². The van der Waals surface area contributed by atoms with Crippen LogP contribution < -0.4 is 0 Å². The molecule has 1 saturated carbocycles. The van der Waals surface area contributed by atoms with Crippen LogP contribution in [0.4, 0.5) is 4.39 Å². The number of benzene rings is 3. The second kappa shape index (κ2) is 12.0. The van der Waals surface area contributed by atoms with Gasteiger partial charge in [0.25, 0.3) is 0 Å². The van der Waals surface area contributed by atoms with Gasteiger partial charge in [-0.1, -0.05) is 80.5 Å². The van der Waals surface area contributed by atoms with Crippen LogP contribution in [0, 0.1) is 23.6 Å². The van der Waals surface area contributed by atoms with E-state index in [2.05, 4.69) is 49.1 Å². The van der Waals surface area contributed by atoms with Crippen LogP contribution in [-0.4, -0.2) is 0 Å². The third kappa shape index (κ3) is 6.18. The van der Waals surface area contributed by atoms with E-state index in [9.17, 15) is 4.39 Å². The molecule has 0 N–H and O–H groups in total. The van der Waals surface area contributed by atoms with Gasteiger partial charge in [-0.3, -0.25) is 0 Å². The van der Waals surface area contributed by atoms with E-state index in [1.165, 1.54) is 50.5 Å². The zero-order valence-electron chi connectivity index (χ0n) is 20.7. The van der Waals surface area contributed by atoms with E-state index in [1.807, 2.05) is 43.3 Å². The molecule has 1 aliphatic carbocycles. The molecule has 34 heavy (non-hydrogen) atoms. The lowest BCUT2D eigenvalue weighted by molar-refractivity contribution is 0.304. The van der Waals surface area contributed by atoms with Crippen LogP contribution in [0.3, 0.4) is 0 Å². The van der Waals surface area contributed by atoms with Gasteiger partial charge in [0.05, 0.1) is 0 Å². The predicted octanol–water partition coefficient (Wildman–Crippen LogP) is 9.35. The van der Waals surface area contributed by atoms with Gasteiger partial charge in [0.1, 0.15) is 5.82 Å². The third-order valence-electron chi connectivity index (χ3n) is 7.40. The lowest BCUT2D eigenvalue weighted by atomic mass is 9.77. The third-order valence-corrected chi connectivity index (χ3v) is 7.40. The summed E-state index contributed by atoms with van der Waals surface area (Å²) in [6.07, 6.45) is 15.2. The summed E-state index contributed by atoms with van der Waals surface area (Å²) in [6.45, 7) is 4.28. The molecule has 0 saturated heterocycles.